The minimum Gasteiger partial charge on any atom is -0.503 e. The quantitative estimate of drug-likeness (QED) is 0.640. The summed E-state index contributed by atoms with van der Waals surface area (Å²) in [5.41, 5.74) is 0.395. The molecule has 1 saturated heterocycles. The first-order chi connectivity index (χ1) is 13.8. The van der Waals surface area contributed by atoms with Gasteiger partial charge in [-0.1, -0.05) is 28.9 Å². The van der Waals surface area contributed by atoms with Crippen LogP contribution in [0.2, 0.25) is 5.02 Å². The van der Waals surface area contributed by atoms with E-state index >= 15 is 0 Å². The third-order valence-corrected chi connectivity index (χ3v) is 5.05. The minimum absolute atomic E-state index is 0.114. The number of hydrogen-bond donors (Lipinski definition) is 1. The fourth-order valence-electron chi connectivity index (χ4n) is 3.26. The van der Waals surface area contributed by atoms with E-state index in [1.807, 2.05) is 12.1 Å². The Morgan fingerprint density at radius 2 is 1.93 bits per heavy atom. The van der Waals surface area contributed by atoms with Crippen molar-refractivity contribution in [3.63, 3.8) is 0 Å². The van der Waals surface area contributed by atoms with Gasteiger partial charge in [0.15, 0.2) is 17.4 Å². The summed E-state index contributed by atoms with van der Waals surface area (Å²) in [7, 11) is 0. The molecule has 2 heterocycles. The first-order valence-corrected chi connectivity index (χ1v) is 8.98. The molecule has 0 radical (unpaired) electrons. The number of amides is 1. The molecule has 0 spiro atoms. The van der Waals surface area contributed by atoms with Gasteiger partial charge in [0.25, 0.3) is 17.6 Å². The number of hydrogen-bond acceptors (Lipinski definition) is 5. The number of phenolic OH excluding ortho intramolecular Hbond substituents is 1. The van der Waals surface area contributed by atoms with Crippen LogP contribution < -0.4 is 0 Å². The Bertz CT molecular complexity index is 1090. The number of carbonyl (C=O) groups excluding carboxylic acids is 1. The van der Waals surface area contributed by atoms with Crippen molar-refractivity contribution in [3.8, 4) is 17.2 Å². The largest absolute Gasteiger partial charge is 0.503 e. The number of aromatic hydroxyl groups is 1. The van der Waals surface area contributed by atoms with Crippen LogP contribution in [-0.2, 0) is 0 Å². The average Bonchev–Trinajstić information content (AvgIpc) is 3.39. The SMILES string of the molecule is O=C(c1noc(-c2cc(F)c(F)c(O)c2F)n1)N1CCC(c2ccc(Cl)cc2)C1. The van der Waals surface area contributed by atoms with Gasteiger partial charge in [0.2, 0.25) is 5.82 Å². The number of rotatable bonds is 3. The van der Waals surface area contributed by atoms with Crippen LogP contribution in [0.25, 0.3) is 11.5 Å². The molecule has 6 nitrogen and oxygen atoms in total. The molecular weight excluding hydrogens is 411 g/mol. The molecule has 0 aliphatic carbocycles. The third-order valence-electron chi connectivity index (χ3n) is 4.80. The van der Waals surface area contributed by atoms with Crippen LogP contribution in [0.3, 0.4) is 0 Å². The Kier molecular flexibility index (Phi) is 4.91. The second-order valence-corrected chi connectivity index (χ2v) is 7.03. The normalized spacial score (nSPS) is 16.4. The number of nitrogens with zero attached hydrogens (tertiary/aromatic N) is 3. The summed E-state index contributed by atoms with van der Waals surface area (Å²) < 4.78 is 45.5. The fraction of sp³-hybridized carbons (Fsp3) is 0.211. The second-order valence-electron chi connectivity index (χ2n) is 6.59. The van der Waals surface area contributed by atoms with E-state index in [1.165, 1.54) is 4.90 Å². The van der Waals surface area contributed by atoms with E-state index < -0.39 is 40.6 Å². The fourth-order valence-corrected chi connectivity index (χ4v) is 3.39. The lowest BCUT2D eigenvalue weighted by molar-refractivity contribution is 0.0775. The van der Waals surface area contributed by atoms with Crippen LogP contribution in [0.1, 0.15) is 28.5 Å². The van der Waals surface area contributed by atoms with Gasteiger partial charge in [0.05, 0.1) is 5.56 Å². The Balaban J connectivity index is 1.53. The predicted molar refractivity (Wildman–Crippen MR) is 96.0 cm³/mol. The Morgan fingerprint density at radius 1 is 1.21 bits per heavy atom. The second kappa shape index (κ2) is 7.40. The van der Waals surface area contributed by atoms with Crippen molar-refractivity contribution < 1.29 is 27.6 Å². The van der Waals surface area contributed by atoms with Gasteiger partial charge >= 0.3 is 0 Å². The number of halogens is 4. The zero-order valence-corrected chi connectivity index (χ0v) is 15.5. The number of benzene rings is 2. The topological polar surface area (TPSA) is 79.5 Å². The van der Waals surface area contributed by atoms with Crippen LogP contribution in [0.5, 0.6) is 5.75 Å². The maximum Gasteiger partial charge on any atom is 0.295 e. The van der Waals surface area contributed by atoms with Gasteiger partial charge in [-0.25, -0.2) is 8.78 Å². The molecule has 150 valence electrons. The van der Waals surface area contributed by atoms with Crippen LogP contribution in [0.4, 0.5) is 13.2 Å². The summed E-state index contributed by atoms with van der Waals surface area (Å²) in [5, 5.41) is 13.4. The van der Waals surface area contributed by atoms with E-state index in [0.717, 1.165) is 12.0 Å². The highest BCUT2D eigenvalue weighted by Gasteiger charge is 2.31. The summed E-state index contributed by atoms with van der Waals surface area (Å²) in [6.45, 7) is 0.876. The molecule has 1 aromatic heterocycles. The van der Waals surface area contributed by atoms with Crippen LogP contribution in [-0.4, -0.2) is 39.1 Å². The number of aromatic nitrogens is 2. The van der Waals surface area contributed by atoms with Crippen molar-refractivity contribution in [2.45, 2.75) is 12.3 Å². The molecule has 10 heteroatoms. The zero-order chi connectivity index (χ0) is 20.7. The predicted octanol–water partition coefficient (Wildman–Crippen LogP) is 4.14. The van der Waals surface area contributed by atoms with E-state index in [2.05, 4.69) is 10.1 Å². The van der Waals surface area contributed by atoms with E-state index in [-0.39, 0.29) is 11.7 Å². The van der Waals surface area contributed by atoms with Crippen LogP contribution in [0, 0.1) is 17.5 Å². The van der Waals surface area contributed by atoms with Crippen LogP contribution in [0.15, 0.2) is 34.9 Å². The molecule has 0 saturated carbocycles. The molecule has 3 aromatic rings. The first kappa shape index (κ1) is 19.3. The summed E-state index contributed by atoms with van der Waals surface area (Å²) >= 11 is 5.89. The van der Waals surface area contributed by atoms with Gasteiger partial charge in [-0.3, -0.25) is 4.79 Å². The van der Waals surface area contributed by atoms with Crippen molar-refractivity contribution >= 4 is 17.5 Å². The Hall–Kier alpha value is -3.07. The van der Waals surface area contributed by atoms with Crippen molar-refractivity contribution in [3.05, 3.63) is 64.2 Å². The zero-order valence-electron chi connectivity index (χ0n) is 14.7. The van der Waals surface area contributed by atoms with Crippen LogP contribution >= 0.6 is 11.6 Å². The summed E-state index contributed by atoms with van der Waals surface area (Å²) in [5.74, 6) is -7.50. The third kappa shape index (κ3) is 3.53. The standard InChI is InChI=1S/C19H13ClF3N3O3/c20-11-3-1-9(2-4-11)10-5-6-26(8-10)19(28)17-24-18(29-25-17)12-7-13(21)15(23)16(27)14(12)22/h1-4,7,10,27H,5-6,8H2. The minimum atomic E-state index is -1.73. The Labute approximate surface area is 167 Å². The smallest absolute Gasteiger partial charge is 0.295 e. The van der Waals surface area contributed by atoms with E-state index in [9.17, 15) is 23.1 Å². The molecule has 4 rings (SSSR count). The van der Waals surface area contributed by atoms with Crippen molar-refractivity contribution in [2.75, 3.05) is 13.1 Å². The van der Waals surface area contributed by atoms with Gasteiger partial charge in [0.1, 0.15) is 0 Å². The molecule has 1 N–H and O–H groups in total. The van der Waals surface area contributed by atoms with Gasteiger partial charge < -0.3 is 14.5 Å². The number of phenols is 1. The van der Waals surface area contributed by atoms with Gasteiger partial charge in [-0.2, -0.15) is 9.37 Å². The molecule has 1 aliphatic rings. The molecule has 1 atom stereocenters. The van der Waals surface area contributed by atoms with Gasteiger partial charge in [-0.15, -0.1) is 0 Å². The molecule has 1 unspecified atom stereocenters. The lowest BCUT2D eigenvalue weighted by atomic mass is 9.99. The van der Waals surface area contributed by atoms with Gasteiger partial charge in [-0.05, 0) is 30.2 Å². The maximum absolute atomic E-state index is 14.0. The highest BCUT2D eigenvalue weighted by atomic mass is 35.5. The lowest BCUT2D eigenvalue weighted by Crippen LogP contribution is -2.29. The molecule has 29 heavy (non-hydrogen) atoms. The van der Waals surface area contributed by atoms with Crippen molar-refractivity contribution in [1.29, 1.82) is 0 Å². The highest BCUT2D eigenvalue weighted by molar-refractivity contribution is 6.30. The number of carbonyl (C=O) groups is 1. The van der Waals surface area contributed by atoms with Gasteiger partial charge in [0, 0.05) is 24.0 Å². The molecular formula is C19H13ClF3N3O3. The summed E-state index contributed by atoms with van der Waals surface area (Å²) in [6, 6.07) is 7.81. The molecule has 2 aromatic carbocycles. The monoisotopic (exact) mass is 423 g/mol. The van der Waals surface area contributed by atoms with E-state index in [0.29, 0.717) is 24.2 Å². The first-order valence-electron chi connectivity index (χ1n) is 8.60. The molecule has 0 bridgehead atoms. The molecule has 1 fully saturated rings. The van der Waals surface area contributed by atoms with E-state index in [4.69, 9.17) is 16.1 Å². The molecule has 1 aliphatic heterocycles. The Morgan fingerprint density at radius 3 is 2.66 bits per heavy atom. The number of likely N-dealkylation sites (tertiary alicyclic amines) is 1. The van der Waals surface area contributed by atoms with Crippen molar-refractivity contribution in [1.82, 2.24) is 15.0 Å². The molecule has 1 amide bonds. The average molecular weight is 424 g/mol. The summed E-state index contributed by atoms with van der Waals surface area (Å²) in [4.78, 5) is 17.9. The lowest BCUT2D eigenvalue weighted by Gasteiger charge is -2.14. The van der Waals surface area contributed by atoms with E-state index in [1.54, 1.807) is 12.1 Å². The summed E-state index contributed by atoms with van der Waals surface area (Å²) in [6.07, 6.45) is 0.726. The van der Waals surface area contributed by atoms with Crippen molar-refractivity contribution in [2.24, 2.45) is 0 Å². The highest BCUT2D eigenvalue weighted by Crippen LogP contribution is 2.32. The maximum atomic E-state index is 14.0.